The first kappa shape index (κ1) is 25.8. The molecule has 2 aliphatic rings. The zero-order chi connectivity index (χ0) is 27.3. The molecule has 0 spiro atoms. The van der Waals surface area contributed by atoms with Crippen LogP contribution in [0, 0.1) is 0 Å². The Morgan fingerprint density at radius 3 is 2.48 bits per heavy atom. The standard InChI is InChI=1S/C34H34N2O4/c1-3-4-20-38-27-17-14-25(15-18-27)29-22-30-28-12-8-9-13-31(28)40-34(36(30)35-29)26-16-19-32(33(21-26)37-2)39-23-24-10-6-5-7-11-24/h5-19,21,30,34H,3-4,20,22-23H2,1-2H3/t30-,34+/m1/s1. The minimum Gasteiger partial charge on any atom is -0.494 e. The van der Waals surface area contributed by atoms with E-state index in [9.17, 15) is 0 Å². The predicted octanol–water partition coefficient (Wildman–Crippen LogP) is 7.70. The molecule has 0 N–H and O–H groups in total. The summed E-state index contributed by atoms with van der Waals surface area (Å²) in [6, 6.07) is 32.7. The normalized spacial score (nSPS) is 17.4. The number of hydrogen-bond donors (Lipinski definition) is 0. The van der Waals surface area contributed by atoms with Gasteiger partial charge in [0.2, 0.25) is 6.23 Å². The zero-order valence-electron chi connectivity index (χ0n) is 23.0. The Balaban J connectivity index is 1.27. The highest BCUT2D eigenvalue weighted by Crippen LogP contribution is 2.48. The highest BCUT2D eigenvalue weighted by molar-refractivity contribution is 6.02. The number of benzene rings is 4. The Labute approximate surface area is 235 Å². The van der Waals surface area contributed by atoms with Crippen LogP contribution < -0.4 is 18.9 Å². The van der Waals surface area contributed by atoms with Gasteiger partial charge < -0.3 is 18.9 Å². The summed E-state index contributed by atoms with van der Waals surface area (Å²) in [4.78, 5) is 0. The second-order valence-electron chi connectivity index (χ2n) is 10.1. The first-order valence-electron chi connectivity index (χ1n) is 13.9. The molecule has 6 nitrogen and oxygen atoms in total. The average Bonchev–Trinajstić information content (AvgIpc) is 3.46. The van der Waals surface area contributed by atoms with E-state index in [1.807, 2.05) is 72.8 Å². The van der Waals surface area contributed by atoms with Gasteiger partial charge in [0, 0.05) is 17.5 Å². The van der Waals surface area contributed by atoms with Gasteiger partial charge in [0.1, 0.15) is 18.1 Å². The van der Waals surface area contributed by atoms with Crippen molar-refractivity contribution in [2.45, 2.75) is 45.1 Å². The Morgan fingerprint density at radius 1 is 0.875 bits per heavy atom. The van der Waals surface area contributed by atoms with Crippen molar-refractivity contribution in [1.82, 2.24) is 5.01 Å². The van der Waals surface area contributed by atoms with Gasteiger partial charge in [0.15, 0.2) is 11.5 Å². The van der Waals surface area contributed by atoms with Crippen LogP contribution in [0.4, 0.5) is 0 Å². The van der Waals surface area contributed by atoms with E-state index in [-0.39, 0.29) is 6.04 Å². The maximum atomic E-state index is 6.56. The summed E-state index contributed by atoms with van der Waals surface area (Å²) in [5, 5.41) is 7.19. The summed E-state index contributed by atoms with van der Waals surface area (Å²) in [5.74, 6) is 3.12. The van der Waals surface area contributed by atoms with Crippen molar-refractivity contribution in [1.29, 1.82) is 0 Å². The molecule has 6 heteroatoms. The van der Waals surface area contributed by atoms with Crippen molar-refractivity contribution in [2.24, 2.45) is 5.10 Å². The topological polar surface area (TPSA) is 52.5 Å². The van der Waals surface area contributed by atoms with E-state index in [1.54, 1.807) is 7.11 Å². The van der Waals surface area contributed by atoms with Gasteiger partial charge in [0.25, 0.3) is 0 Å². The van der Waals surface area contributed by atoms with Gasteiger partial charge in [-0.2, -0.15) is 5.10 Å². The van der Waals surface area contributed by atoms with E-state index in [4.69, 9.17) is 24.0 Å². The molecule has 0 radical (unpaired) electrons. The summed E-state index contributed by atoms with van der Waals surface area (Å²) in [5.41, 5.74) is 5.32. The smallest absolute Gasteiger partial charge is 0.214 e. The fraction of sp³-hybridized carbons (Fsp3) is 0.265. The van der Waals surface area contributed by atoms with Crippen LogP contribution in [0.3, 0.4) is 0 Å². The van der Waals surface area contributed by atoms with E-state index in [0.29, 0.717) is 18.1 Å². The lowest BCUT2D eigenvalue weighted by Crippen LogP contribution is -2.33. The molecule has 204 valence electrons. The van der Waals surface area contributed by atoms with Crippen molar-refractivity contribution < 1.29 is 18.9 Å². The molecule has 0 fully saturated rings. The minimum atomic E-state index is -0.397. The van der Waals surface area contributed by atoms with Gasteiger partial charge in [-0.3, -0.25) is 0 Å². The van der Waals surface area contributed by atoms with Crippen molar-refractivity contribution >= 4 is 5.71 Å². The minimum absolute atomic E-state index is 0.0745. The largest absolute Gasteiger partial charge is 0.494 e. The van der Waals surface area contributed by atoms with Crippen molar-refractivity contribution in [2.75, 3.05) is 13.7 Å². The molecule has 0 saturated heterocycles. The lowest BCUT2D eigenvalue weighted by molar-refractivity contribution is -0.0191. The number of fused-ring (bicyclic) bond motifs is 3. The molecule has 2 atom stereocenters. The third kappa shape index (κ3) is 5.34. The number of hydrazone groups is 1. The molecule has 40 heavy (non-hydrogen) atoms. The molecular formula is C34H34N2O4. The van der Waals surface area contributed by atoms with Crippen LogP contribution in [-0.2, 0) is 6.61 Å². The third-order valence-electron chi connectivity index (χ3n) is 7.36. The fourth-order valence-corrected chi connectivity index (χ4v) is 5.20. The summed E-state index contributed by atoms with van der Waals surface area (Å²) >= 11 is 0. The lowest BCUT2D eigenvalue weighted by Gasteiger charge is -2.38. The number of unbranched alkanes of at least 4 members (excludes halogenated alkanes) is 1. The number of nitrogens with zero attached hydrogens (tertiary/aromatic N) is 2. The number of hydrogen-bond acceptors (Lipinski definition) is 6. The average molecular weight is 535 g/mol. The van der Waals surface area contributed by atoms with Crippen LogP contribution in [0.5, 0.6) is 23.0 Å². The number of para-hydroxylation sites is 1. The highest BCUT2D eigenvalue weighted by atomic mass is 16.5. The van der Waals surface area contributed by atoms with Crippen molar-refractivity contribution in [3.8, 4) is 23.0 Å². The summed E-state index contributed by atoms with van der Waals surface area (Å²) in [6.07, 6.45) is 2.57. The molecule has 4 aromatic carbocycles. The van der Waals surface area contributed by atoms with Gasteiger partial charge in [-0.15, -0.1) is 0 Å². The molecule has 0 aliphatic carbocycles. The Morgan fingerprint density at radius 2 is 1.68 bits per heavy atom. The van der Waals surface area contributed by atoms with Crippen LogP contribution in [0.2, 0.25) is 0 Å². The second-order valence-corrected chi connectivity index (χ2v) is 10.1. The zero-order valence-corrected chi connectivity index (χ0v) is 23.0. The molecular weight excluding hydrogens is 500 g/mol. The van der Waals surface area contributed by atoms with Crippen molar-refractivity contribution in [3.63, 3.8) is 0 Å². The number of ether oxygens (including phenoxy) is 4. The van der Waals surface area contributed by atoms with Crippen LogP contribution in [-0.4, -0.2) is 24.4 Å². The van der Waals surface area contributed by atoms with Crippen molar-refractivity contribution in [3.05, 3.63) is 119 Å². The van der Waals surface area contributed by atoms with Crippen LogP contribution >= 0.6 is 0 Å². The Kier molecular flexibility index (Phi) is 7.58. The molecule has 4 aromatic rings. The van der Waals surface area contributed by atoms with Gasteiger partial charge in [0.05, 0.1) is 25.5 Å². The lowest BCUT2D eigenvalue weighted by atomic mass is 9.96. The van der Waals surface area contributed by atoms with E-state index in [2.05, 4.69) is 36.2 Å². The Hall–Kier alpha value is -4.45. The molecule has 2 aliphatic heterocycles. The first-order chi connectivity index (χ1) is 19.7. The van der Waals surface area contributed by atoms with E-state index < -0.39 is 6.23 Å². The van der Waals surface area contributed by atoms with Crippen LogP contribution in [0.1, 0.15) is 60.7 Å². The monoisotopic (exact) mass is 534 g/mol. The third-order valence-corrected chi connectivity index (χ3v) is 7.36. The first-order valence-corrected chi connectivity index (χ1v) is 13.9. The van der Waals surface area contributed by atoms with Gasteiger partial charge in [-0.25, -0.2) is 5.01 Å². The maximum absolute atomic E-state index is 6.56. The van der Waals surface area contributed by atoms with Gasteiger partial charge in [-0.05, 0) is 66.1 Å². The molecule has 2 heterocycles. The van der Waals surface area contributed by atoms with E-state index >= 15 is 0 Å². The van der Waals surface area contributed by atoms with Gasteiger partial charge >= 0.3 is 0 Å². The molecule has 0 saturated carbocycles. The summed E-state index contributed by atoms with van der Waals surface area (Å²) in [6.45, 7) is 3.37. The maximum Gasteiger partial charge on any atom is 0.214 e. The van der Waals surface area contributed by atoms with Crippen LogP contribution in [0.15, 0.2) is 102 Å². The summed E-state index contributed by atoms with van der Waals surface area (Å²) < 4.78 is 24.3. The second kappa shape index (κ2) is 11.7. The molecule has 0 aromatic heterocycles. The summed E-state index contributed by atoms with van der Waals surface area (Å²) in [7, 11) is 1.66. The highest BCUT2D eigenvalue weighted by Gasteiger charge is 2.41. The molecule has 0 bridgehead atoms. The molecule has 0 unspecified atom stereocenters. The Bertz CT molecular complexity index is 1470. The van der Waals surface area contributed by atoms with Gasteiger partial charge in [-0.1, -0.05) is 61.9 Å². The molecule has 6 rings (SSSR count). The van der Waals surface area contributed by atoms with Crippen LogP contribution in [0.25, 0.3) is 0 Å². The number of rotatable bonds is 10. The quantitative estimate of drug-likeness (QED) is 0.195. The molecule has 0 amide bonds. The van der Waals surface area contributed by atoms with E-state index in [0.717, 1.165) is 65.3 Å². The fourth-order valence-electron chi connectivity index (χ4n) is 5.20. The SMILES string of the molecule is CCCCOc1ccc(C2=NN3[C@H](C2)c2ccccc2O[C@H]3c2ccc(OCc3ccccc3)c(OC)c2)cc1. The number of methoxy groups -OCH3 is 1. The van der Waals surface area contributed by atoms with E-state index in [1.165, 1.54) is 0 Å². The predicted molar refractivity (Wildman–Crippen MR) is 156 cm³/mol.